The van der Waals surface area contributed by atoms with Gasteiger partial charge in [-0.05, 0) is 46.0 Å². The van der Waals surface area contributed by atoms with Gasteiger partial charge in [-0.3, -0.25) is 9.48 Å². The van der Waals surface area contributed by atoms with E-state index in [4.69, 9.17) is 9.72 Å². The van der Waals surface area contributed by atoms with E-state index in [0.29, 0.717) is 25.7 Å². The molecule has 1 amide bonds. The maximum absolute atomic E-state index is 12.2. The van der Waals surface area contributed by atoms with Gasteiger partial charge in [-0.1, -0.05) is 6.58 Å². The number of ether oxygens (including phenoxy) is 1. The van der Waals surface area contributed by atoms with E-state index in [1.54, 1.807) is 6.20 Å². The van der Waals surface area contributed by atoms with Crippen LogP contribution in [0.15, 0.2) is 31.2 Å². The molecule has 2 aliphatic rings. The van der Waals surface area contributed by atoms with Crippen molar-refractivity contribution >= 4 is 29.0 Å². The summed E-state index contributed by atoms with van der Waals surface area (Å²) in [6.07, 6.45) is 9.99. The SMILES string of the molecule is C=CC(=O)N1CCC[C@@H]1CNc1nc(Nc2cnn(CCCN(C)C)c2)ncc1N1CCOCC1. The van der Waals surface area contributed by atoms with Crippen LogP contribution >= 0.6 is 0 Å². The van der Waals surface area contributed by atoms with E-state index >= 15 is 0 Å². The van der Waals surface area contributed by atoms with E-state index in [9.17, 15) is 4.79 Å². The second kappa shape index (κ2) is 12.0. The number of likely N-dealkylation sites (tertiary alicyclic amines) is 1. The third kappa shape index (κ3) is 6.70. The van der Waals surface area contributed by atoms with Gasteiger partial charge in [0.25, 0.3) is 0 Å². The Labute approximate surface area is 207 Å². The number of morpholine rings is 1. The third-order valence-corrected chi connectivity index (χ3v) is 6.34. The van der Waals surface area contributed by atoms with Gasteiger partial charge in [-0.25, -0.2) is 4.98 Å². The Morgan fingerprint density at radius 2 is 2.11 bits per heavy atom. The molecule has 0 aromatic carbocycles. The number of amides is 1. The molecule has 0 saturated carbocycles. The number of anilines is 4. The van der Waals surface area contributed by atoms with Crippen LogP contribution in [-0.4, -0.2) is 102 Å². The number of nitrogens with one attached hydrogen (secondary N) is 2. The van der Waals surface area contributed by atoms with Gasteiger partial charge in [-0.2, -0.15) is 10.1 Å². The minimum Gasteiger partial charge on any atom is -0.378 e. The fraction of sp³-hybridized carbons (Fsp3) is 0.583. The average molecular weight is 484 g/mol. The Kier molecular flexibility index (Phi) is 8.54. The monoisotopic (exact) mass is 483 g/mol. The van der Waals surface area contributed by atoms with Crippen molar-refractivity contribution in [1.29, 1.82) is 0 Å². The van der Waals surface area contributed by atoms with Gasteiger partial charge >= 0.3 is 0 Å². The number of rotatable bonds is 11. The zero-order valence-corrected chi connectivity index (χ0v) is 20.8. The van der Waals surface area contributed by atoms with Gasteiger partial charge in [0, 0.05) is 45.0 Å². The number of carbonyl (C=O) groups excluding carboxylic acids is 1. The van der Waals surface area contributed by atoms with Gasteiger partial charge in [0.2, 0.25) is 11.9 Å². The fourth-order valence-corrected chi connectivity index (χ4v) is 4.50. The summed E-state index contributed by atoms with van der Waals surface area (Å²) in [5.74, 6) is 1.24. The number of hydrogen-bond donors (Lipinski definition) is 2. The highest BCUT2D eigenvalue weighted by atomic mass is 16.5. The summed E-state index contributed by atoms with van der Waals surface area (Å²) < 4.78 is 7.45. The van der Waals surface area contributed by atoms with E-state index in [0.717, 1.165) is 69.2 Å². The average Bonchev–Trinajstić information content (AvgIpc) is 3.52. The lowest BCUT2D eigenvalue weighted by Gasteiger charge is -2.30. The zero-order chi connectivity index (χ0) is 24.6. The number of carbonyl (C=O) groups is 1. The molecule has 2 N–H and O–H groups in total. The second-order valence-corrected chi connectivity index (χ2v) is 9.21. The molecule has 2 fully saturated rings. The van der Waals surface area contributed by atoms with E-state index in [1.807, 2.05) is 22.0 Å². The van der Waals surface area contributed by atoms with E-state index < -0.39 is 0 Å². The van der Waals surface area contributed by atoms with Crippen LogP contribution in [-0.2, 0) is 16.1 Å². The van der Waals surface area contributed by atoms with Crippen molar-refractivity contribution in [3.63, 3.8) is 0 Å². The molecule has 0 spiro atoms. The van der Waals surface area contributed by atoms with Crippen LogP contribution in [0.25, 0.3) is 0 Å². The fourth-order valence-electron chi connectivity index (χ4n) is 4.50. The maximum Gasteiger partial charge on any atom is 0.246 e. The predicted octanol–water partition coefficient (Wildman–Crippen LogP) is 1.79. The molecule has 2 saturated heterocycles. The van der Waals surface area contributed by atoms with Crippen molar-refractivity contribution in [2.45, 2.75) is 31.8 Å². The number of hydrogen-bond acceptors (Lipinski definition) is 9. The lowest BCUT2D eigenvalue weighted by molar-refractivity contribution is -0.126. The molecular weight excluding hydrogens is 446 g/mol. The van der Waals surface area contributed by atoms with E-state index in [2.05, 4.69) is 51.2 Å². The summed E-state index contributed by atoms with van der Waals surface area (Å²) in [5.41, 5.74) is 1.79. The molecule has 4 heterocycles. The van der Waals surface area contributed by atoms with Gasteiger partial charge in [0.1, 0.15) is 0 Å². The molecule has 2 aliphatic heterocycles. The molecule has 0 aliphatic carbocycles. The highest BCUT2D eigenvalue weighted by molar-refractivity contribution is 5.87. The number of nitrogens with zero attached hydrogens (tertiary/aromatic N) is 7. The minimum absolute atomic E-state index is 0.0182. The normalized spacial score (nSPS) is 18.2. The molecule has 35 heavy (non-hydrogen) atoms. The highest BCUT2D eigenvalue weighted by Crippen LogP contribution is 2.27. The van der Waals surface area contributed by atoms with Crippen molar-refractivity contribution < 1.29 is 9.53 Å². The first-order valence-corrected chi connectivity index (χ1v) is 12.3. The molecule has 0 unspecified atom stereocenters. The standard InChI is InChI=1S/C24H37N9O2/c1-4-22(34)33-10-5-7-20(33)16-25-23-21(31-11-13-35-14-12-31)17-26-24(29-23)28-19-15-27-32(18-19)9-6-8-30(2)3/h4,15,17-18,20H,1,5-14,16H2,2-3H3,(H2,25,26,28,29)/t20-/m1/s1. The Balaban J connectivity index is 1.46. The second-order valence-electron chi connectivity index (χ2n) is 9.21. The predicted molar refractivity (Wildman–Crippen MR) is 137 cm³/mol. The quantitative estimate of drug-likeness (QED) is 0.463. The van der Waals surface area contributed by atoms with Crippen LogP contribution in [0.3, 0.4) is 0 Å². The Morgan fingerprint density at radius 3 is 2.89 bits per heavy atom. The van der Waals surface area contributed by atoms with Crippen molar-refractivity contribution in [1.82, 2.24) is 29.5 Å². The zero-order valence-electron chi connectivity index (χ0n) is 20.8. The van der Waals surface area contributed by atoms with Crippen LogP contribution < -0.4 is 15.5 Å². The highest BCUT2D eigenvalue weighted by Gasteiger charge is 2.27. The Hall–Kier alpha value is -3.18. The Morgan fingerprint density at radius 1 is 1.29 bits per heavy atom. The summed E-state index contributed by atoms with van der Waals surface area (Å²) in [5, 5.41) is 11.2. The number of aromatic nitrogens is 4. The van der Waals surface area contributed by atoms with Gasteiger partial charge in [0.05, 0.1) is 37.0 Å². The summed E-state index contributed by atoms with van der Waals surface area (Å²) in [7, 11) is 4.14. The first-order valence-electron chi connectivity index (χ1n) is 12.3. The number of aryl methyl sites for hydroxylation is 1. The van der Waals surface area contributed by atoms with Crippen molar-refractivity contribution in [2.24, 2.45) is 0 Å². The summed E-state index contributed by atoms with van der Waals surface area (Å²) >= 11 is 0. The summed E-state index contributed by atoms with van der Waals surface area (Å²) in [6.45, 7) is 9.83. The van der Waals surface area contributed by atoms with Crippen LogP contribution in [0.2, 0.25) is 0 Å². The summed E-state index contributed by atoms with van der Waals surface area (Å²) in [6, 6.07) is 0.116. The van der Waals surface area contributed by atoms with Gasteiger partial charge in [0.15, 0.2) is 5.82 Å². The first-order chi connectivity index (χ1) is 17.0. The molecule has 2 aromatic heterocycles. The largest absolute Gasteiger partial charge is 0.378 e. The topological polar surface area (TPSA) is 104 Å². The van der Waals surface area contributed by atoms with Crippen molar-refractivity contribution in [3.05, 3.63) is 31.2 Å². The molecule has 11 nitrogen and oxygen atoms in total. The van der Waals surface area contributed by atoms with Crippen LogP contribution in [0.4, 0.5) is 23.1 Å². The maximum atomic E-state index is 12.2. The molecular formula is C24H37N9O2. The van der Waals surface area contributed by atoms with E-state index in [1.165, 1.54) is 6.08 Å². The molecule has 4 rings (SSSR count). The van der Waals surface area contributed by atoms with Crippen LogP contribution in [0, 0.1) is 0 Å². The molecule has 190 valence electrons. The van der Waals surface area contributed by atoms with Crippen molar-refractivity contribution in [3.8, 4) is 0 Å². The van der Waals surface area contributed by atoms with Crippen LogP contribution in [0.5, 0.6) is 0 Å². The molecule has 1 atom stereocenters. The van der Waals surface area contributed by atoms with Crippen molar-refractivity contribution in [2.75, 3.05) is 75.6 Å². The van der Waals surface area contributed by atoms with Gasteiger partial charge in [-0.15, -0.1) is 0 Å². The minimum atomic E-state index is -0.0182. The lowest BCUT2D eigenvalue weighted by atomic mass is 10.2. The molecule has 0 bridgehead atoms. The molecule has 11 heteroatoms. The summed E-state index contributed by atoms with van der Waals surface area (Å²) in [4.78, 5) is 27.9. The Bertz CT molecular complexity index is 987. The smallest absolute Gasteiger partial charge is 0.246 e. The molecule has 0 radical (unpaired) electrons. The van der Waals surface area contributed by atoms with Gasteiger partial charge < -0.3 is 30.1 Å². The van der Waals surface area contributed by atoms with Crippen LogP contribution in [0.1, 0.15) is 19.3 Å². The first kappa shape index (κ1) is 24.9. The van der Waals surface area contributed by atoms with E-state index in [-0.39, 0.29) is 11.9 Å². The lowest BCUT2D eigenvalue weighted by Crippen LogP contribution is -2.39. The molecule has 2 aromatic rings. The third-order valence-electron chi connectivity index (χ3n) is 6.34.